The van der Waals surface area contributed by atoms with Gasteiger partial charge in [-0.25, -0.2) is 0 Å². The minimum Gasteiger partial charge on any atom is -0.455 e. The molecule has 2 rings (SSSR count). The van der Waals surface area contributed by atoms with Crippen LogP contribution in [0, 0.1) is 0 Å². The standard InChI is InChI=1S/C13H10BrClN2O2/c14-8-5-6-11(9(7-8)13(16)17-18)19-12-4-2-1-3-10(12)15/h1-7,18H,(H2,16,17). The molecule has 0 heterocycles. The molecular weight excluding hydrogens is 332 g/mol. The molecule has 0 aliphatic heterocycles. The van der Waals surface area contributed by atoms with E-state index < -0.39 is 0 Å². The molecule has 0 spiro atoms. The van der Waals surface area contributed by atoms with Crippen LogP contribution in [0.1, 0.15) is 5.56 Å². The number of para-hydroxylation sites is 1. The van der Waals surface area contributed by atoms with Gasteiger partial charge in [-0.1, -0.05) is 44.8 Å². The Labute approximate surface area is 123 Å². The van der Waals surface area contributed by atoms with Crippen LogP contribution in [0.4, 0.5) is 0 Å². The lowest BCUT2D eigenvalue weighted by molar-refractivity contribution is 0.318. The number of hydrogen-bond donors (Lipinski definition) is 2. The van der Waals surface area contributed by atoms with Crippen molar-refractivity contribution >= 4 is 33.4 Å². The average molecular weight is 342 g/mol. The second-order valence-electron chi connectivity index (χ2n) is 3.66. The molecule has 0 aliphatic rings. The van der Waals surface area contributed by atoms with E-state index in [1.54, 1.807) is 36.4 Å². The molecule has 0 amide bonds. The van der Waals surface area contributed by atoms with Crippen LogP contribution in [0.5, 0.6) is 11.5 Å². The number of hydrogen-bond acceptors (Lipinski definition) is 3. The van der Waals surface area contributed by atoms with Gasteiger partial charge in [0, 0.05) is 4.47 Å². The van der Waals surface area contributed by atoms with Gasteiger partial charge in [-0.2, -0.15) is 0 Å². The van der Waals surface area contributed by atoms with Gasteiger partial charge in [-0.05, 0) is 30.3 Å². The number of nitrogens with zero attached hydrogens (tertiary/aromatic N) is 1. The number of ether oxygens (including phenoxy) is 1. The summed E-state index contributed by atoms with van der Waals surface area (Å²) in [7, 11) is 0. The monoisotopic (exact) mass is 340 g/mol. The summed E-state index contributed by atoms with van der Waals surface area (Å²) in [6.07, 6.45) is 0. The summed E-state index contributed by atoms with van der Waals surface area (Å²) in [6.45, 7) is 0. The molecule has 19 heavy (non-hydrogen) atoms. The first-order chi connectivity index (χ1) is 9.11. The van der Waals surface area contributed by atoms with E-state index in [4.69, 9.17) is 27.3 Å². The van der Waals surface area contributed by atoms with Crippen molar-refractivity contribution in [3.05, 3.63) is 57.5 Å². The molecule has 0 saturated heterocycles. The average Bonchev–Trinajstić information content (AvgIpc) is 2.42. The number of nitrogens with two attached hydrogens (primary N) is 1. The molecule has 3 N–H and O–H groups in total. The molecule has 0 fully saturated rings. The Bertz CT molecular complexity index is 632. The van der Waals surface area contributed by atoms with Gasteiger partial charge in [0.25, 0.3) is 0 Å². The van der Waals surface area contributed by atoms with Crippen molar-refractivity contribution in [3.63, 3.8) is 0 Å². The van der Waals surface area contributed by atoms with E-state index in [2.05, 4.69) is 21.1 Å². The van der Waals surface area contributed by atoms with Gasteiger partial charge in [0.2, 0.25) is 0 Å². The maximum atomic E-state index is 8.79. The predicted molar refractivity (Wildman–Crippen MR) is 78.2 cm³/mol. The first-order valence-corrected chi connectivity index (χ1v) is 6.48. The van der Waals surface area contributed by atoms with Gasteiger partial charge in [0.05, 0.1) is 10.6 Å². The molecule has 4 nitrogen and oxygen atoms in total. The Morgan fingerprint density at radius 2 is 1.95 bits per heavy atom. The van der Waals surface area contributed by atoms with Crippen LogP contribution in [0.25, 0.3) is 0 Å². The van der Waals surface area contributed by atoms with Crippen LogP contribution in [-0.2, 0) is 0 Å². The highest BCUT2D eigenvalue weighted by molar-refractivity contribution is 9.10. The van der Waals surface area contributed by atoms with Crippen LogP contribution in [0.15, 0.2) is 52.1 Å². The first-order valence-electron chi connectivity index (χ1n) is 5.31. The van der Waals surface area contributed by atoms with Gasteiger partial charge in [-0.3, -0.25) is 0 Å². The van der Waals surface area contributed by atoms with Crippen molar-refractivity contribution in [3.8, 4) is 11.5 Å². The summed E-state index contributed by atoms with van der Waals surface area (Å²) in [4.78, 5) is 0. The van der Waals surface area contributed by atoms with E-state index >= 15 is 0 Å². The fourth-order valence-corrected chi connectivity index (χ4v) is 2.03. The number of amidine groups is 1. The molecule has 0 aliphatic carbocycles. The zero-order valence-electron chi connectivity index (χ0n) is 9.68. The third kappa shape index (κ3) is 3.19. The Hall–Kier alpha value is -1.72. The van der Waals surface area contributed by atoms with Crippen molar-refractivity contribution in [2.45, 2.75) is 0 Å². The molecule has 98 valence electrons. The van der Waals surface area contributed by atoms with Gasteiger partial charge >= 0.3 is 0 Å². The Kier molecular flexibility index (Phi) is 4.29. The molecule has 2 aromatic carbocycles. The Morgan fingerprint density at radius 3 is 2.63 bits per heavy atom. The largest absolute Gasteiger partial charge is 0.455 e. The highest BCUT2D eigenvalue weighted by Crippen LogP contribution is 2.32. The summed E-state index contributed by atoms with van der Waals surface area (Å²) >= 11 is 9.35. The SMILES string of the molecule is N/C(=N/O)c1cc(Br)ccc1Oc1ccccc1Cl. The highest BCUT2D eigenvalue weighted by atomic mass is 79.9. The summed E-state index contributed by atoms with van der Waals surface area (Å²) in [6, 6.07) is 12.3. The molecule has 0 bridgehead atoms. The van der Waals surface area contributed by atoms with Gasteiger partial charge in [-0.15, -0.1) is 0 Å². The maximum Gasteiger partial charge on any atom is 0.173 e. The van der Waals surface area contributed by atoms with Crippen molar-refractivity contribution in [1.82, 2.24) is 0 Å². The second-order valence-corrected chi connectivity index (χ2v) is 4.98. The number of oxime groups is 1. The van der Waals surface area contributed by atoms with Crippen LogP contribution in [0.3, 0.4) is 0 Å². The molecule has 0 saturated carbocycles. The minimum atomic E-state index is -0.0386. The molecule has 0 unspecified atom stereocenters. The zero-order chi connectivity index (χ0) is 13.8. The number of benzene rings is 2. The second kappa shape index (κ2) is 5.95. The lowest BCUT2D eigenvalue weighted by Crippen LogP contribution is -2.14. The van der Waals surface area contributed by atoms with Crippen LogP contribution < -0.4 is 10.5 Å². The fraction of sp³-hybridized carbons (Fsp3) is 0. The topological polar surface area (TPSA) is 67.8 Å². The van der Waals surface area contributed by atoms with Crippen molar-refractivity contribution < 1.29 is 9.94 Å². The van der Waals surface area contributed by atoms with E-state index in [1.807, 2.05) is 6.07 Å². The molecule has 0 aromatic heterocycles. The van der Waals surface area contributed by atoms with E-state index in [1.165, 1.54) is 0 Å². The molecule has 0 atom stereocenters. The summed E-state index contributed by atoms with van der Waals surface area (Å²) in [5.41, 5.74) is 6.09. The normalized spacial score (nSPS) is 11.4. The van der Waals surface area contributed by atoms with E-state index in [0.717, 1.165) is 4.47 Å². The van der Waals surface area contributed by atoms with E-state index in [-0.39, 0.29) is 5.84 Å². The van der Waals surface area contributed by atoms with Crippen molar-refractivity contribution in [2.75, 3.05) is 0 Å². The smallest absolute Gasteiger partial charge is 0.173 e. The number of rotatable bonds is 3. The van der Waals surface area contributed by atoms with Crippen LogP contribution in [-0.4, -0.2) is 11.0 Å². The Balaban J connectivity index is 2.43. The minimum absolute atomic E-state index is 0.0386. The predicted octanol–water partition coefficient (Wildman–Crippen LogP) is 3.99. The number of halogens is 2. The third-order valence-corrected chi connectivity index (χ3v) is 3.19. The van der Waals surface area contributed by atoms with Gasteiger partial charge < -0.3 is 15.7 Å². The quantitative estimate of drug-likeness (QED) is 0.384. The van der Waals surface area contributed by atoms with Crippen LogP contribution in [0.2, 0.25) is 5.02 Å². The molecule has 2 aromatic rings. The molecule has 0 radical (unpaired) electrons. The summed E-state index contributed by atoms with van der Waals surface area (Å²) in [5, 5.41) is 12.3. The van der Waals surface area contributed by atoms with E-state index in [9.17, 15) is 0 Å². The van der Waals surface area contributed by atoms with Crippen LogP contribution >= 0.6 is 27.5 Å². The Morgan fingerprint density at radius 1 is 1.21 bits per heavy atom. The lowest BCUT2D eigenvalue weighted by Gasteiger charge is -2.11. The molecular formula is C13H10BrClN2O2. The van der Waals surface area contributed by atoms with Gasteiger partial charge in [0.15, 0.2) is 5.84 Å². The molecule has 6 heteroatoms. The summed E-state index contributed by atoms with van der Waals surface area (Å²) in [5.74, 6) is 0.911. The zero-order valence-corrected chi connectivity index (χ0v) is 12.0. The summed E-state index contributed by atoms with van der Waals surface area (Å²) < 4.78 is 6.49. The maximum absolute atomic E-state index is 8.79. The van der Waals surface area contributed by atoms with E-state index in [0.29, 0.717) is 22.1 Å². The van der Waals surface area contributed by atoms with Crippen molar-refractivity contribution in [2.24, 2.45) is 10.9 Å². The fourth-order valence-electron chi connectivity index (χ4n) is 1.49. The first kappa shape index (κ1) is 13.7. The van der Waals surface area contributed by atoms with Gasteiger partial charge in [0.1, 0.15) is 11.5 Å². The van der Waals surface area contributed by atoms with Crippen molar-refractivity contribution in [1.29, 1.82) is 0 Å². The highest BCUT2D eigenvalue weighted by Gasteiger charge is 2.11. The lowest BCUT2D eigenvalue weighted by atomic mass is 10.2. The third-order valence-electron chi connectivity index (χ3n) is 2.38.